The van der Waals surface area contributed by atoms with Crippen LogP contribution < -0.4 is 5.32 Å². The molecule has 4 heteroatoms. The van der Waals surface area contributed by atoms with Crippen LogP contribution >= 0.6 is 23.1 Å². The van der Waals surface area contributed by atoms with Crippen LogP contribution in [0.25, 0.3) is 0 Å². The summed E-state index contributed by atoms with van der Waals surface area (Å²) in [4.78, 5) is 5.62. The normalized spacial score (nSPS) is 10.9. The summed E-state index contributed by atoms with van der Waals surface area (Å²) in [5.74, 6) is 1.31. The Kier molecular flexibility index (Phi) is 7.89. The molecule has 0 radical (unpaired) electrons. The van der Waals surface area contributed by atoms with Crippen LogP contribution in [0.15, 0.2) is 5.51 Å². The molecule has 1 aromatic rings. The third kappa shape index (κ3) is 5.87. The van der Waals surface area contributed by atoms with Gasteiger partial charge >= 0.3 is 0 Å². The Balaban J connectivity index is 1.91. The molecule has 1 heterocycles. The van der Waals surface area contributed by atoms with Gasteiger partial charge in [0.15, 0.2) is 0 Å². The number of unbranched alkanes of at least 4 members (excludes halogenated alkanes) is 3. The van der Waals surface area contributed by atoms with Crippen molar-refractivity contribution in [1.29, 1.82) is 0 Å². The molecule has 0 bridgehead atoms. The molecule has 1 rings (SSSR count). The Morgan fingerprint density at radius 3 is 2.81 bits per heavy atom. The van der Waals surface area contributed by atoms with Gasteiger partial charge in [0.1, 0.15) is 0 Å². The highest BCUT2D eigenvalue weighted by molar-refractivity contribution is 7.98. The van der Waals surface area contributed by atoms with Crippen LogP contribution in [0.5, 0.6) is 0 Å². The van der Waals surface area contributed by atoms with Crippen LogP contribution in [0.3, 0.4) is 0 Å². The zero-order valence-corrected chi connectivity index (χ0v) is 11.9. The maximum Gasteiger partial charge on any atom is 0.0798 e. The summed E-state index contributed by atoms with van der Waals surface area (Å²) in [5.41, 5.74) is 3.10. The Labute approximate surface area is 107 Å². The zero-order valence-electron chi connectivity index (χ0n) is 10.3. The van der Waals surface area contributed by atoms with Gasteiger partial charge in [-0.25, -0.2) is 4.98 Å². The fourth-order valence-corrected chi connectivity index (χ4v) is 2.79. The molecule has 0 aliphatic carbocycles. The highest BCUT2D eigenvalue weighted by atomic mass is 32.2. The molecule has 1 aromatic heterocycles. The molecule has 2 nitrogen and oxygen atoms in total. The van der Waals surface area contributed by atoms with E-state index >= 15 is 0 Å². The van der Waals surface area contributed by atoms with Gasteiger partial charge in [0.2, 0.25) is 0 Å². The van der Waals surface area contributed by atoms with Crippen LogP contribution in [-0.2, 0) is 6.54 Å². The number of hydrogen-bond donors (Lipinski definition) is 1. The Morgan fingerprint density at radius 2 is 2.12 bits per heavy atom. The molecular formula is C12H22N2S2. The lowest BCUT2D eigenvalue weighted by molar-refractivity contribution is 0.601. The van der Waals surface area contributed by atoms with Gasteiger partial charge in [0.05, 0.1) is 11.2 Å². The molecule has 0 atom stereocenters. The van der Waals surface area contributed by atoms with Crippen LogP contribution in [0.1, 0.15) is 36.3 Å². The number of aryl methyl sites for hydroxylation is 1. The second-order valence-corrected chi connectivity index (χ2v) is 5.87. The monoisotopic (exact) mass is 258 g/mol. The van der Waals surface area contributed by atoms with Crippen molar-refractivity contribution in [3.8, 4) is 0 Å². The first-order valence-electron chi connectivity index (χ1n) is 5.93. The molecule has 0 spiro atoms. The highest BCUT2D eigenvalue weighted by Gasteiger charge is 1.99. The molecule has 0 aromatic carbocycles. The van der Waals surface area contributed by atoms with Crippen LogP contribution in [0, 0.1) is 6.92 Å². The molecule has 16 heavy (non-hydrogen) atoms. The van der Waals surface area contributed by atoms with Crippen molar-refractivity contribution in [3.05, 3.63) is 16.1 Å². The molecular weight excluding hydrogens is 236 g/mol. The van der Waals surface area contributed by atoms with E-state index < -0.39 is 0 Å². The minimum atomic E-state index is 0.987. The molecule has 0 unspecified atom stereocenters. The standard InChI is InChI=1S/C12H22N2S2/c1-11-12(16-10-14-11)9-13-7-5-3-4-6-8-15-2/h10,13H,3-9H2,1-2H3. The van der Waals surface area contributed by atoms with E-state index in [0.717, 1.165) is 13.1 Å². The van der Waals surface area contributed by atoms with Crippen LogP contribution in [-0.4, -0.2) is 23.5 Å². The summed E-state index contributed by atoms with van der Waals surface area (Å²) in [6.45, 7) is 4.20. The predicted molar refractivity (Wildman–Crippen MR) is 75.4 cm³/mol. The second kappa shape index (κ2) is 9.02. The summed E-state index contributed by atoms with van der Waals surface area (Å²) in [7, 11) is 0. The minimum absolute atomic E-state index is 0.987. The summed E-state index contributed by atoms with van der Waals surface area (Å²) in [5, 5.41) is 3.48. The zero-order chi connectivity index (χ0) is 11.6. The number of hydrogen-bond acceptors (Lipinski definition) is 4. The van der Waals surface area contributed by atoms with Crippen molar-refractivity contribution >= 4 is 23.1 Å². The molecule has 0 saturated heterocycles. The van der Waals surface area contributed by atoms with E-state index in [4.69, 9.17) is 0 Å². The molecule has 0 amide bonds. The maximum absolute atomic E-state index is 4.24. The number of aromatic nitrogens is 1. The van der Waals surface area contributed by atoms with Crippen molar-refractivity contribution in [1.82, 2.24) is 10.3 Å². The molecule has 0 aliphatic rings. The molecule has 1 N–H and O–H groups in total. The topological polar surface area (TPSA) is 24.9 Å². The lowest BCUT2D eigenvalue weighted by Crippen LogP contribution is -2.14. The number of nitrogens with zero attached hydrogens (tertiary/aromatic N) is 1. The summed E-state index contributed by atoms with van der Waals surface area (Å²) in [6, 6.07) is 0. The van der Waals surface area contributed by atoms with E-state index in [1.54, 1.807) is 11.3 Å². The quantitative estimate of drug-likeness (QED) is 0.687. The van der Waals surface area contributed by atoms with E-state index in [0.29, 0.717) is 0 Å². The maximum atomic E-state index is 4.24. The van der Waals surface area contributed by atoms with E-state index in [1.807, 2.05) is 17.3 Å². The predicted octanol–water partition coefficient (Wildman–Crippen LogP) is 3.46. The van der Waals surface area contributed by atoms with Gasteiger partial charge in [0.25, 0.3) is 0 Å². The molecule has 0 fully saturated rings. The van der Waals surface area contributed by atoms with Crippen LogP contribution in [0.2, 0.25) is 0 Å². The average molecular weight is 258 g/mol. The van der Waals surface area contributed by atoms with Gasteiger partial charge in [-0.2, -0.15) is 11.8 Å². The molecule has 0 aliphatic heterocycles. The third-order valence-electron chi connectivity index (χ3n) is 2.58. The Morgan fingerprint density at radius 1 is 1.31 bits per heavy atom. The minimum Gasteiger partial charge on any atom is -0.312 e. The second-order valence-electron chi connectivity index (χ2n) is 3.94. The third-order valence-corrected chi connectivity index (χ3v) is 4.21. The van der Waals surface area contributed by atoms with Gasteiger partial charge in [-0.15, -0.1) is 11.3 Å². The van der Waals surface area contributed by atoms with Crippen molar-refractivity contribution in [2.45, 2.75) is 39.2 Å². The first kappa shape index (κ1) is 14.0. The van der Waals surface area contributed by atoms with Gasteiger partial charge in [-0.05, 0) is 38.3 Å². The number of thioether (sulfide) groups is 1. The summed E-state index contributed by atoms with van der Waals surface area (Å²) in [6.07, 6.45) is 7.58. The average Bonchev–Trinajstić information content (AvgIpc) is 2.68. The Hall–Kier alpha value is -0.0600. The molecule has 92 valence electrons. The molecule has 0 saturated carbocycles. The van der Waals surface area contributed by atoms with E-state index in [1.165, 1.54) is 42.0 Å². The van der Waals surface area contributed by atoms with Crippen molar-refractivity contribution < 1.29 is 0 Å². The fraction of sp³-hybridized carbons (Fsp3) is 0.750. The number of nitrogens with one attached hydrogen (secondary N) is 1. The highest BCUT2D eigenvalue weighted by Crippen LogP contribution is 2.11. The van der Waals surface area contributed by atoms with Gasteiger partial charge in [0, 0.05) is 11.4 Å². The summed E-state index contributed by atoms with van der Waals surface area (Å²) < 4.78 is 0. The number of thiazole rings is 1. The van der Waals surface area contributed by atoms with Crippen molar-refractivity contribution in [3.63, 3.8) is 0 Å². The Bertz CT molecular complexity index is 274. The first-order valence-corrected chi connectivity index (χ1v) is 8.20. The first-order chi connectivity index (χ1) is 7.84. The van der Waals surface area contributed by atoms with Gasteiger partial charge < -0.3 is 5.32 Å². The smallest absolute Gasteiger partial charge is 0.0798 e. The van der Waals surface area contributed by atoms with Gasteiger partial charge in [-0.1, -0.05) is 12.8 Å². The SMILES string of the molecule is CSCCCCCCNCc1scnc1C. The number of rotatable bonds is 9. The largest absolute Gasteiger partial charge is 0.312 e. The van der Waals surface area contributed by atoms with E-state index in [2.05, 4.69) is 23.5 Å². The van der Waals surface area contributed by atoms with Crippen molar-refractivity contribution in [2.24, 2.45) is 0 Å². The summed E-state index contributed by atoms with van der Waals surface area (Å²) >= 11 is 3.70. The fourth-order valence-electron chi connectivity index (χ4n) is 1.55. The van der Waals surface area contributed by atoms with E-state index in [-0.39, 0.29) is 0 Å². The lowest BCUT2D eigenvalue weighted by Gasteiger charge is -2.03. The van der Waals surface area contributed by atoms with Crippen molar-refractivity contribution in [2.75, 3.05) is 18.6 Å². The van der Waals surface area contributed by atoms with E-state index in [9.17, 15) is 0 Å². The van der Waals surface area contributed by atoms with Gasteiger partial charge in [-0.3, -0.25) is 0 Å². The lowest BCUT2D eigenvalue weighted by atomic mass is 10.2. The van der Waals surface area contributed by atoms with Crippen LogP contribution in [0.4, 0.5) is 0 Å².